The van der Waals surface area contributed by atoms with Crippen molar-refractivity contribution in [3.8, 4) is 0 Å². The molecule has 106 valence electrons. The molecule has 4 nitrogen and oxygen atoms in total. The van der Waals surface area contributed by atoms with Gasteiger partial charge in [-0.15, -0.1) is 0 Å². The zero-order valence-corrected chi connectivity index (χ0v) is 13.6. The topological polar surface area (TPSA) is 44.1 Å². The van der Waals surface area contributed by atoms with Crippen molar-refractivity contribution in [2.75, 3.05) is 7.11 Å². The average molecular weight is 329 g/mol. The average Bonchev–Trinajstić information content (AvgIpc) is 2.69. The normalized spacial score (nSPS) is 21.3. The maximum Gasteiger partial charge on any atom is 0.213 e. The third-order valence-electron chi connectivity index (χ3n) is 4.32. The third kappa shape index (κ3) is 2.63. The monoisotopic (exact) mass is 328 g/mol. The molecule has 0 atom stereocenters. The number of aryl methyl sites for hydroxylation is 1. The Morgan fingerprint density at radius 3 is 2.37 bits per heavy atom. The van der Waals surface area contributed by atoms with Crippen LogP contribution in [0.15, 0.2) is 10.7 Å². The van der Waals surface area contributed by atoms with Gasteiger partial charge >= 0.3 is 0 Å². The first-order valence-electron chi connectivity index (χ1n) is 6.59. The van der Waals surface area contributed by atoms with Gasteiger partial charge in [-0.1, -0.05) is 13.8 Å². The van der Waals surface area contributed by atoms with Crippen LogP contribution in [0.1, 0.15) is 50.0 Å². The molecule has 1 aromatic rings. The van der Waals surface area contributed by atoms with Crippen LogP contribution in [0.4, 0.5) is 0 Å². The van der Waals surface area contributed by atoms with Crippen LogP contribution in [0.5, 0.6) is 0 Å². The number of carbonyl (C=O) groups is 1. The van der Waals surface area contributed by atoms with E-state index in [1.807, 2.05) is 0 Å². The third-order valence-corrected chi connectivity index (χ3v) is 4.91. The molecular formula is C14H21BrN2O2. The smallest absolute Gasteiger partial charge is 0.213 e. The van der Waals surface area contributed by atoms with Gasteiger partial charge in [-0.05, 0) is 47.0 Å². The Balaban J connectivity index is 2.31. The molecule has 0 unspecified atom stereocenters. The van der Waals surface area contributed by atoms with Gasteiger partial charge in [0, 0.05) is 14.2 Å². The number of hydrogen-bond donors (Lipinski definition) is 0. The number of nitrogens with zero attached hydrogens (tertiary/aromatic N) is 2. The molecule has 0 radical (unpaired) electrons. The Morgan fingerprint density at radius 1 is 1.37 bits per heavy atom. The lowest BCUT2D eigenvalue weighted by molar-refractivity contribution is -0.0389. The summed E-state index contributed by atoms with van der Waals surface area (Å²) in [5, 5.41) is 4.12. The van der Waals surface area contributed by atoms with Crippen LogP contribution in [0, 0.1) is 5.41 Å². The van der Waals surface area contributed by atoms with Crippen LogP contribution in [0.3, 0.4) is 0 Å². The molecule has 0 bridgehead atoms. The zero-order valence-electron chi connectivity index (χ0n) is 12.0. The van der Waals surface area contributed by atoms with E-state index in [-0.39, 0.29) is 5.78 Å². The maximum absolute atomic E-state index is 12.9. The number of ether oxygens (including phenoxy) is 1. The van der Waals surface area contributed by atoms with E-state index in [1.54, 1.807) is 25.0 Å². The first-order chi connectivity index (χ1) is 8.81. The van der Waals surface area contributed by atoms with E-state index in [2.05, 4.69) is 34.9 Å². The summed E-state index contributed by atoms with van der Waals surface area (Å²) in [5.41, 5.74) is 0.208. The molecule has 1 fully saturated rings. The van der Waals surface area contributed by atoms with Gasteiger partial charge in [-0.3, -0.25) is 9.48 Å². The van der Waals surface area contributed by atoms with Crippen molar-refractivity contribution >= 4 is 21.7 Å². The van der Waals surface area contributed by atoms with Gasteiger partial charge in [0.25, 0.3) is 0 Å². The van der Waals surface area contributed by atoms with Gasteiger partial charge in [-0.2, -0.15) is 5.10 Å². The van der Waals surface area contributed by atoms with Gasteiger partial charge in [-0.25, -0.2) is 0 Å². The van der Waals surface area contributed by atoms with E-state index < -0.39 is 5.60 Å². The standard InChI is InChI=1S/C14H21BrN2O2/c1-13(2)5-7-14(19-4,8-6-13)12(18)11-10(15)9-16-17(11)3/h9H,5-8H2,1-4H3. The number of ketones is 1. The van der Waals surface area contributed by atoms with Crippen molar-refractivity contribution in [1.29, 1.82) is 0 Å². The number of rotatable bonds is 3. The molecule has 5 heteroatoms. The van der Waals surface area contributed by atoms with E-state index >= 15 is 0 Å². The lowest BCUT2D eigenvalue weighted by Gasteiger charge is -2.41. The summed E-state index contributed by atoms with van der Waals surface area (Å²) in [5.74, 6) is 0.0392. The van der Waals surface area contributed by atoms with Crippen LogP contribution in [-0.4, -0.2) is 28.3 Å². The summed E-state index contributed by atoms with van der Waals surface area (Å²) in [6.45, 7) is 4.49. The summed E-state index contributed by atoms with van der Waals surface area (Å²) >= 11 is 3.40. The number of hydrogen-bond acceptors (Lipinski definition) is 3. The van der Waals surface area contributed by atoms with Crippen LogP contribution in [0.2, 0.25) is 0 Å². The summed E-state index contributed by atoms with van der Waals surface area (Å²) in [6, 6.07) is 0. The SMILES string of the molecule is COC1(C(=O)c2c(Br)cnn2C)CCC(C)(C)CC1. The fraction of sp³-hybridized carbons (Fsp3) is 0.714. The van der Waals surface area contributed by atoms with Crippen LogP contribution in [0.25, 0.3) is 0 Å². The Bertz CT molecular complexity index is 464. The summed E-state index contributed by atoms with van der Waals surface area (Å²) in [7, 11) is 3.43. The second-order valence-electron chi connectivity index (χ2n) is 6.16. The Morgan fingerprint density at radius 2 is 1.95 bits per heavy atom. The Kier molecular flexibility index (Phi) is 3.89. The second-order valence-corrected chi connectivity index (χ2v) is 7.01. The van der Waals surface area contributed by atoms with Crippen molar-refractivity contribution < 1.29 is 9.53 Å². The van der Waals surface area contributed by atoms with E-state index in [0.29, 0.717) is 11.1 Å². The Labute approximate surface area is 122 Å². The van der Waals surface area contributed by atoms with Gasteiger partial charge in [0.2, 0.25) is 5.78 Å². The molecule has 0 aromatic carbocycles. The largest absolute Gasteiger partial charge is 0.370 e. The second kappa shape index (κ2) is 5.02. The van der Waals surface area contributed by atoms with Gasteiger partial charge in [0.1, 0.15) is 11.3 Å². The number of methoxy groups -OCH3 is 1. The summed E-state index contributed by atoms with van der Waals surface area (Å²) < 4.78 is 8.01. The lowest BCUT2D eigenvalue weighted by atomic mass is 9.69. The molecule has 0 aliphatic heterocycles. The fourth-order valence-electron chi connectivity index (χ4n) is 2.74. The van der Waals surface area contributed by atoms with Gasteiger partial charge in [0.05, 0.1) is 10.7 Å². The zero-order chi connectivity index (χ0) is 14.3. The Hall–Kier alpha value is -0.680. The molecule has 1 aliphatic carbocycles. The first-order valence-corrected chi connectivity index (χ1v) is 7.38. The number of carbonyl (C=O) groups excluding carboxylic acids is 1. The predicted molar refractivity (Wildman–Crippen MR) is 77.2 cm³/mol. The van der Waals surface area contributed by atoms with Crippen molar-refractivity contribution in [1.82, 2.24) is 9.78 Å². The van der Waals surface area contributed by atoms with Crippen molar-refractivity contribution in [3.63, 3.8) is 0 Å². The summed E-state index contributed by atoms with van der Waals surface area (Å²) in [4.78, 5) is 12.9. The van der Waals surface area contributed by atoms with E-state index in [9.17, 15) is 4.79 Å². The molecule has 0 spiro atoms. The summed E-state index contributed by atoms with van der Waals surface area (Å²) in [6.07, 6.45) is 5.20. The molecule has 2 rings (SSSR count). The minimum atomic E-state index is -0.689. The highest BCUT2D eigenvalue weighted by Gasteiger charge is 2.45. The first kappa shape index (κ1) is 14.7. The van der Waals surface area contributed by atoms with Gasteiger partial charge in [0.15, 0.2) is 0 Å². The number of halogens is 1. The molecule has 0 saturated heterocycles. The van der Waals surface area contributed by atoms with E-state index in [1.165, 1.54) is 0 Å². The highest BCUT2D eigenvalue weighted by atomic mass is 79.9. The maximum atomic E-state index is 12.9. The quantitative estimate of drug-likeness (QED) is 0.799. The van der Waals surface area contributed by atoms with Crippen molar-refractivity contribution in [3.05, 3.63) is 16.4 Å². The molecule has 1 saturated carbocycles. The highest BCUT2D eigenvalue weighted by Crippen LogP contribution is 2.43. The fourth-order valence-corrected chi connectivity index (χ4v) is 3.26. The molecule has 0 N–H and O–H groups in total. The van der Waals surface area contributed by atoms with Crippen molar-refractivity contribution in [2.24, 2.45) is 12.5 Å². The molecule has 1 heterocycles. The van der Waals surface area contributed by atoms with Crippen LogP contribution >= 0.6 is 15.9 Å². The van der Waals surface area contributed by atoms with Crippen LogP contribution < -0.4 is 0 Å². The molecule has 19 heavy (non-hydrogen) atoms. The van der Waals surface area contributed by atoms with Gasteiger partial charge < -0.3 is 4.74 Å². The molecule has 1 aromatic heterocycles. The number of Topliss-reactive ketones (excluding diaryl/α,β-unsaturated/α-hetero) is 1. The minimum Gasteiger partial charge on any atom is -0.370 e. The minimum absolute atomic E-state index is 0.0392. The van der Waals surface area contributed by atoms with E-state index in [4.69, 9.17) is 4.74 Å². The predicted octanol–water partition coefficient (Wildman–Crippen LogP) is 3.35. The van der Waals surface area contributed by atoms with Crippen LogP contribution in [-0.2, 0) is 11.8 Å². The van der Waals surface area contributed by atoms with Crippen molar-refractivity contribution in [2.45, 2.75) is 45.1 Å². The highest BCUT2D eigenvalue weighted by molar-refractivity contribution is 9.10. The van der Waals surface area contributed by atoms with E-state index in [0.717, 1.165) is 30.2 Å². The molecule has 0 amide bonds. The lowest BCUT2D eigenvalue weighted by Crippen LogP contribution is -2.46. The molecule has 1 aliphatic rings. The molecular weight excluding hydrogens is 308 g/mol. The number of aromatic nitrogens is 2.